The van der Waals surface area contributed by atoms with E-state index in [1.165, 1.54) is 51.4 Å². The molecule has 0 bridgehead atoms. The maximum atomic E-state index is 3.86. The van der Waals surface area contributed by atoms with Crippen LogP contribution in [0.1, 0.15) is 72.1 Å². The van der Waals surface area contributed by atoms with Crippen LogP contribution in [0.2, 0.25) is 0 Å². The first kappa shape index (κ1) is 12.4. The highest BCUT2D eigenvalue weighted by Gasteiger charge is 2.28. The molecule has 0 aliphatic heterocycles. The molecule has 2 saturated carbocycles. The molecule has 0 aromatic carbocycles. The number of hydrogen-bond acceptors (Lipinski definition) is 1. The first-order chi connectivity index (χ1) is 7.55. The molecular formula is C15H29N. The number of hydrogen-bond donors (Lipinski definition) is 1. The van der Waals surface area contributed by atoms with E-state index in [0.29, 0.717) is 5.41 Å². The average Bonchev–Trinajstić information content (AvgIpc) is 2.15. The van der Waals surface area contributed by atoms with Crippen molar-refractivity contribution in [2.75, 3.05) is 0 Å². The van der Waals surface area contributed by atoms with E-state index in [-0.39, 0.29) is 0 Å². The molecule has 0 saturated heterocycles. The van der Waals surface area contributed by atoms with Crippen molar-refractivity contribution < 1.29 is 0 Å². The van der Waals surface area contributed by atoms with Crippen LogP contribution in [-0.4, -0.2) is 12.1 Å². The lowest BCUT2D eigenvalue weighted by Gasteiger charge is -2.37. The summed E-state index contributed by atoms with van der Waals surface area (Å²) in [5.41, 5.74) is 0.607. The molecule has 0 radical (unpaired) electrons. The van der Waals surface area contributed by atoms with Gasteiger partial charge < -0.3 is 5.32 Å². The van der Waals surface area contributed by atoms with E-state index in [4.69, 9.17) is 0 Å². The lowest BCUT2D eigenvalue weighted by atomic mass is 9.75. The van der Waals surface area contributed by atoms with Gasteiger partial charge in [0.05, 0.1) is 0 Å². The Hall–Kier alpha value is -0.0400. The van der Waals surface area contributed by atoms with Crippen molar-refractivity contribution in [2.24, 2.45) is 11.3 Å². The topological polar surface area (TPSA) is 12.0 Å². The van der Waals surface area contributed by atoms with Crippen molar-refractivity contribution in [3.8, 4) is 0 Å². The highest BCUT2D eigenvalue weighted by molar-refractivity contribution is 4.84. The van der Waals surface area contributed by atoms with Gasteiger partial charge in [0.15, 0.2) is 0 Å². The fourth-order valence-corrected chi connectivity index (χ4v) is 3.26. The Labute approximate surface area is 101 Å². The lowest BCUT2D eigenvalue weighted by Crippen LogP contribution is -2.41. The molecule has 1 atom stereocenters. The third-order valence-electron chi connectivity index (χ3n) is 4.77. The Morgan fingerprint density at radius 1 is 1.12 bits per heavy atom. The molecule has 2 aliphatic rings. The van der Waals surface area contributed by atoms with Crippen molar-refractivity contribution in [2.45, 2.75) is 84.2 Å². The maximum absolute atomic E-state index is 3.86. The van der Waals surface area contributed by atoms with Crippen LogP contribution in [0.5, 0.6) is 0 Å². The van der Waals surface area contributed by atoms with Crippen molar-refractivity contribution >= 4 is 0 Å². The van der Waals surface area contributed by atoms with Crippen LogP contribution < -0.4 is 5.32 Å². The summed E-state index contributed by atoms with van der Waals surface area (Å²) in [5, 5.41) is 3.86. The van der Waals surface area contributed by atoms with E-state index in [1.807, 2.05) is 0 Å². The van der Waals surface area contributed by atoms with Gasteiger partial charge >= 0.3 is 0 Å². The fourth-order valence-electron chi connectivity index (χ4n) is 3.26. The first-order valence-electron chi connectivity index (χ1n) is 7.31. The Balaban J connectivity index is 1.65. The molecule has 1 nitrogen and oxygen atoms in total. The van der Waals surface area contributed by atoms with Gasteiger partial charge in [0.1, 0.15) is 0 Å². The van der Waals surface area contributed by atoms with Gasteiger partial charge in [-0.05, 0) is 50.4 Å². The van der Waals surface area contributed by atoms with Gasteiger partial charge in [-0.1, -0.05) is 33.1 Å². The molecule has 0 amide bonds. The Morgan fingerprint density at radius 2 is 1.75 bits per heavy atom. The quantitative estimate of drug-likeness (QED) is 0.756. The minimum atomic E-state index is 0.607. The van der Waals surface area contributed by atoms with E-state index in [2.05, 4.69) is 26.1 Å². The molecule has 0 heterocycles. The summed E-state index contributed by atoms with van der Waals surface area (Å²) in [6.07, 6.45) is 11.5. The molecule has 1 N–H and O–H groups in total. The Kier molecular flexibility index (Phi) is 3.94. The van der Waals surface area contributed by atoms with E-state index in [0.717, 1.165) is 18.0 Å². The second-order valence-corrected chi connectivity index (χ2v) is 7.04. The van der Waals surface area contributed by atoms with Crippen LogP contribution in [-0.2, 0) is 0 Å². The van der Waals surface area contributed by atoms with Crippen molar-refractivity contribution in [3.05, 3.63) is 0 Å². The van der Waals surface area contributed by atoms with Crippen molar-refractivity contribution in [1.29, 1.82) is 0 Å². The van der Waals surface area contributed by atoms with Gasteiger partial charge in [0.2, 0.25) is 0 Å². The predicted molar refractivity (Wildman–Crippen MR) is 70.6 cm³/mol. The van der Waals surface area contributed by atoms with Crippen LogP contribution in [0.25, 0.3) is 0 Å². The van der Waals surface area contributed by atoms with Crippen LogP contribution in [0.3, 0.4) is 0 Å². The third kappa shape index (κ3) is 3.48. The minimum Gasteiger partial charge on any atom is -0.311 e. The first-order valence-corrected chi connectivity index (χ1v) is 7.31. The summed E-state index contributed by atoms with van der Waals surface area (Å²) in [5.74, 6) is 1.04. The summed E-state index contributed by atoms with van der Waals surface area (Å²) in [6.45, 7) is 7.22. The van der Waals surface area contributed by atoms with Gasteiger partial charge in [0.25, 0.3) is 0 Å². The molecule has 1 unspecified atom stereocenters. The molecule has 2 fully saturated rings. The molecule has 2 aliphatic carbocycles. The van der Waals surface area contributed by atoms with Crippen molar-refractivity contribution in [3.63, 3.8) is 0 Å². The molecule has 0 spiro atoms. The molecule has 2 rings (SSSR count). The molecular weight excluding hydrogens is 194 g/mol. The molecule has 1 heteroatoms. The number of nitrogens with one attached hydrogen (secondary N) is 1. The van der Waals surface area contributed by atoms with Crippen LogP contribution in [0.4, 0.5) is 0 Å². The zero-order valence-electron chi connectivity index (χ0n) is 11.4. The Morgan fingerprint density at radius 3 is 2.25 bits per heavy atom. The monoisotopic (exact) mass is 223 g/mol. The summed E-state index contributed by atoms with van der Waals surface area (Å²) in [7, 11) is 0. The van der Waals surface area contributed by atoms with E-state index < -0.39 is 0 Å². The summed E-state index contributed by atoms with van der Waals surface area (Å²) in [4.78, 5) is 0. The predicted octanol–water partition coefficient (Wildman–Crippen LogP) is 4.12. The zero-order chi connectivity index (χ0) is 11.6. The summed E-state index contributed by atoms with van der Waals surface area (Å²) in [6, 6.07) is 1.56. The molecule has 0 aromatic rings. The molecule has 0 aromatic heterocycles. The van der Waals surface area contributed by atoms with Gasteiger partial charge in [-0.15, -0.1) is 0 Å². The maximum Gasteiger partial charge on any atom is 0.00699 e. The molecule has 16 heavy (non-hydrogen) atoms. The van der Waals surface area contributed by atoms with Gasteiger partial charge in [-0.2, -0.15) is 0 Å². The third-order valence-corrected chi connectivity index (χ3v) is 4.77. The standard InChI is InChI=1S/C15H29N/c1-12(11-13-5-4-6-13)16-14-7-9-15(2,3)10-8-14/h12-14,16H,4-11H2,1-3H3. The second-order valence-electron chi connectivity index (χ2n) is 7.04. The normalized spacial score (nSPS) is 28.7. The van der Waals surface area contributed by atoms with Gasteiger partial charge in [0, 0.05) is 12.1 Å². The van der Waals surface area contributed by atoms with Crippen LogP contribution in [0.15, 0.2) is 0 Å². The van der Waals surface area contributed by atoms with Crippen molar-refractivity contribution in [1.82, 2.24) is 5.32 Å². The minimum absolute atomic E-state index is 0.607. The number of rotatable bonds is 4. The zero-order valence-corrected chi connectivity index (χ0v) is 11.4. The average molecular weight is 223 g/mol. The second kappa shape index (κ2) is 5.08. The van der Waals surface area contributed by atoms with E-state index in [9.17, 15) is 0 Å². The lowest BCUT2D eigenvalue weighted by molar-refractivity contribution is 0.187. The highest BCUT2D eigenvalue weighted by atomic mass is 14.9. The SMILES string of the molecule is CC(CC1CCC1)NC1CCC(C)(C)CC1. The van der Waals surface area contributed by atoms with Gasteiger partial charge in [-0.25, -0.2) is 0 Å². The summed E-state index contributed by atoms with van der Waals surface area (Å²) < 4.78 is 0. The largest absolute Gasteiger partial charge is 0.311 e. The van der Waals surface area contributed by atoms with Gasteiger partial charge in [-0.3, -0.25) is 0 Å². The molecule has 94 valence electrons. The highest BCUT2D eigenvalue weighted by Crippen LogP contribution is 2.35. The Bertz CT molecular complexity index is 207. The van der Waals surface area contributed by atoms with E-state index in [1.54, 1.807) is 0 Å². The fraction of sp³-hybridized carbons (Fsp3) is 1.00. The van der Waals surface area contributed by atoms with Crippen LogP contribution in [0, 0.1) is 11.3 Å². The smallest absolute Gasteiger partial charge is 0.00699 e. The van der Waals surface area contributed by atoms with Crippen LogP contribution >= 0.6 is 0 Å². The summed E-state index contributed by atoms with van der Waals surface area (Å²) >= 11 is 0. The van der Waals surface area contributed by atoms with E-state index >= 15 is 0 Å².